The number of nitrogens with two attached hydrogens (primary N) is 1. The lowest BCUT2D eigenvalue weighted by molar-refractivity contribution is -0.125. The van der Waals surface area contributed by atoms with E-state index in [9.17, 15) is 26.9 Å². The summed E-state index contributed by atoms with van der Waals surface area (Å²) in [6.07, 6.45) is 0.601. The molecule has 4 rings (SSSR count). The number of nitriles is 1. The van der Waals surface area contributed by atoms with E-state index in [1.54, 1.807) is 36.4 Å². The summed E-state index contributed by atoms with van der Waals surface area (Å²) in [5.74, 6) is -1.96. The van der Waals surface area contributed by atoms with Gasteiger partial charge in [0.2, 0.25) is 5.91 Å². The molecule has 10 heteroatoms. The van der Waals surface area contributed by atoms with Gasteiger partial charge in [-0.1, -0.05) is 81.4 Å². The molecule has 8 nitrogen and oxygen atoms in total. The van der Waals surface area contributed by atoms with Gasteiger partial charge in [-0.3, -0.25) is 4.79 Å². The van der Waals surface area contributed by atoms with E-state index in [0.717, 1.165) is 5.56 Å². The number of hydrogen-bond donors (Lipinski definition) is 2. The van der Waals surface area contributed by atoms with Gasteiger partial charge in [-0.15, -0.1) is 0 Å². The number of amides is 1. The predicted octanol–water partition coefficient (Wildman–Crippen LogP) is 4.87. The second kappa shape index (κ2) is 12.6. The summed E-state index contributed by atoms with van der Waals surface area (Å²) in [6, 6.07) is 24.4. The number of carbonyl (C=O) groups excluding carboxylic acids is 1. The lowest BCUT2D eigenvalue weighted by Gasteiger charge is -2.29. The van der Waals surface area contributed by atoms with Gasteiger partial charge in [0.15, 0.2) is 19.7 Å². The lowest BCUT2D eigenvalue weighted by Crippen LogP contribution is -2.44. The van der Waals surface area contributed by atoms with Crippen LogP contribution in [0.15, 0.2) is 94.7 Å². The van der Waals surface area contributed by atoms with Crippen molar-refractivity contribution in [1.29, 1.82) is 5.26 Å². The molecule has 3 atom stereocenters. The van der Waals surface area contributed by atoms with Gasteiger partial charge in [0.1, 0.15) is 5.54 Å². The van der Waals surface area contributed by atoms with Crippen LogP contribution in [0.5, 0.6) is 0 Å². The second-order valence-electron chi connectivity index (χ2n) is 12.3. The number of benzene rings is 3. The highest BCUT2D eigenvalue weighted by Gasteiger charge is 2.46. The molecule has 0 spiro atoms. The zero-order valence-electron chi connectivity index (χ0n) is 24.7. The Kier molecular flexibility index (Phi) is 9.50. The molecule has 3 N–H and O–H groups in total. The van der Waals surface area contributed by atoms with Crippen molar-refractivity contribution in [2.75, 3.05) is 5.75 Å². The fourth-order valence-electron chi connectivity index (χ4n) is 5.08. The topological polar surface area (TPSA) is 147 Å². The molecule has 0 aliphatic heterocycles. The van der Waals surface area contributed by atoms with Crippen LogP contribution < -0.4 is 11.1 Å². The maximum absolute atomic E-state index is 14.1. The Bertz CT molecular complexity index is 1670. The van der Waals surface area contributed by atoms with Crippen molar-refractivity contribution in [3.8, 4) is 6.07 Å². The molecule has 228 valence electrons. The van der Waals surface area contributed by atoms with E-state index in [2.05, 4.69) is 32.2 Å². The number of sulfone groups is 2. The van der Waals surface area contributed by atoms with Crippen LogP contribution in [0.4, 0.5) is 0 Å². The molecular formula is C33H39N3O5S2. The smallest absolute Gasteiger partial charge is 0.224 e. The number of nitrogens with one attached hydrogen (secondary N) is 1. The molecule has 0 radical (unpaired) electrons. The van der Waals surface area contributed by atoms with Crippen LogP contribution in [-0.2, 0) is 29.9 Å². The van der Waals surface area contributed by atoms with Crippen molar-refractivity contribution in [3.05, 3.63) is 96.1 Å². The molecule has 0 aromatic heterocycles. The molecule has 0 heterocycles. The summed E-state index contributed by atoms with van der Waals surface area (Å²) < 4.78 is 54.6. The highest BCUT2D eigenvalue weighted by molar-refractivity contribution is 7.92. The van der Waals surface area contributed by atoms with Crippen LogP contribution in [-0.4, -0.2) is 39.3 Å². The first-order chi connectivity index (χ1) is 20.2. The predicted molar refractivity (Wildman–Crippen MR) is 166 cm³/mol. The minimum Gasteiger partial charge on any atom is -0.338 e. The molecule has 1 aliphatic carbocycles. The molecule has 1 saturated carbocycles. The van der Waals surface area contributed by atoms with E-state index in [1.807, 2.05) is 24.3 Å². The summed E-state index contributed by atoms with van der Waals surface area (Å²) in [5, 5.41) is 11.1. The third-order valence-electron chi connectivity index (χ3n) is 8.08. The molecule has 1 fully saturated rings. The van der Waals surface area contributed by atoms with E-state index < -0.39 is 48.3 Å². The fraction of sp³-hybridized carbons (Fsp3) is 0.394. The summed E-state index contributed by atoms with van der Waals surface area (Å²) in [5.41, 5.74) is 7.24. The minimum absolute atomic E-state index is 0.0634. The molecule has 3 aromatic carbocycles. The number of nitrogens with zero attached hydrogens (tertiary/aromatic N) is 1. The van der Waals surface area contributed by atoms with Gasteiger partial charge in [-0.05, 0) is 66.5 Å². The van der Waals surface area contributed by atoms with Crippen LogP contribution in [0, 0.1) is 17.2 Å². The van der Waals surface area contributed by atoms with Crippen LogP contribution in [0.1, 0.15) is 63.6 Å². The van der Waals surface area contributed by atoms with Crippen molar-refractivity contribution >= 4 is 25.6 Å². The number of rotatable bonds is 12. The molecule has 3 aromatic rings. The van der Waals surface area contributed by atoms with Gasteiger partial charge in [-0.2, -0.15) is 5.26 Å². The van der Waals surface area contributed by atoms with Crippen LogP contribution >= 0.6 is 0 Å². The van der Waals surface area contributed by atoms with E-state index in [4.69, 9.17) is 5.73 Å². The summed E-state index contributed by atoms with van der Waals surface area (Å²) in [4.78, 5) is 13.8. The van der Waals surface area contributed by atoms with Crippen LogP contribution in [0.2, 0.25) is 0 Å². The molecule has 1 aliphatic rings. The first kappa shape index (κ1) is 32.4. The average molecular weight is 622 g/mol. The second-order valence-corrected chi connectivity index (χ2v) is 16.6. The average Bonchev–Trinajstić information content (AvgIpc) is 3.77. The summed E-state index contributed by atoms with van der Waals surface area (Å²) in [6.45, 7) is 6.22. The van der Waals surface area contributed by atoms with Crippen molar-refractivity contribution in [3.63, 3.8) is 0 Å². The van der Waals surface area contributed by atoms with Gasteiger partial charge in [0, 0.05) is 12.0 Å². The van der Waals surface area contributed by atoms with Gasteiger partial charge in [0.25, 0.3) is 0 Å². The highest BCUT2D eigenvalue weighted by Crippen LogP contribution is 2.37. The van der Waals surface area contributed by atoms with Gasteiger partial charge in [0.05, 0.1) is 26.9 Å². The lowest BCUT2D eigenvalue weighted by atomic mass is 9.85. The van der Waals surface area contributed by atoms with Gasteiger partial charge >= 0.3 is 0 Å². The quantitative estimate of drug-likeness (QED) is 0.293. The largest absolute Gasteiger partial charge is 0.338 e. The maximum Gasteiger partial charge on any atom is 0.224 e. The van der Waals surface area contributed by atoms with E-state index >= 15 is 0 Å². The zero-order chi connectivity index (χ0) is 31.5. The fourth-order valence-corrected chi connectivity index (χ4v) is 8.40. The standard InChI is InChI=1S/C33H39N3O5S2/c1-32(2,3)26-16-14-24(15-17-26)30(35)29(43(40,41)28-12-8-5-9-13-28)22-25(31(37)36-33(23-34)19-20-33)18-21-42(38,39)27-10-6-4-7-11-27/h4-17,25,29-30H,18-22,35H2,1-3H3,(H,36,37)/t25?,29-,30+/m1/s1. The normalized spacial score (nSPS) is 16.8. The zero-order valence-corrected chi connectivity index (χ0v) is 26.4. The van der Waals surface area contributed by atoms with E-state index in [-0.39, 0.29) is 33.8 Å². The first-order valence-corrected chi connectivity index (χ1v) is 17.5. The summed E-state index contributed by atoms with van der Waals surface area (Å²) >= 11 is 0. The first-order valence-electron chi connectivity index (χ1n) is 14.3. The SMILES string of the molecule is CC(C)(C)c1ccc([C@H](N)[C@@H](CC(CCS(=O)(=O)c2ccccc2)C(=O)NC2(C#N)CC2)S(=O)(=O)c2ccccc2)cc1. The molecule has 43 heavy (non-hydrogen) atoms. The van der Waals surface area contributed by atoms with Crippen molar-refractivity contribution < 1.29 is 21.6 Å². The van der Waals surface area contributed by atoms with Crippen LogP contribution in [0.25, 0.3) is 0 Å². The molecule has 0 bridgehead atoms. The van der Waals surface area contributed by atoms with Crippen molar-refractivity contribution in [1.82, 2.24) is 5.32 Å². The summed E-state index contributed by atoms with van der Waals surface area (Å²) in [7, 11) is -7.84. The maximum atomic E-state index is 14.1. The Labute approximate surface area is 255 Å². The van der Waals surface area contributed by atoms with Gasteiger partial charge < -0.3 is 11.1 Å². The monoisotopic (exact) mass is 621 g/mol. The number of hydrogen-bond acceptors (Lipinski definition) is 7. The van der Waals surface area contributed by atoms with E-state index in [1.165, 1.54) is 24.3 Å². The Balaban J connectivity index is 1.71. The molecular weight excluding hydrogens is 583 g/mol. The third-order valence-corrected chi connectivity index (χ3v) is 12.1. The highest BCUT2D eigenvalue weighted by atomic mass is 32.2. The van der Waals surface area contributed by atoms with Crippen molar-refractivity contribution in [2.45, 2.75) is 78.5 Å². The molecule has 1 amide bonds. The Hall–Kier alpha value is -3.52. The Morgan fingerprint density at radius 3 is 1.93 bits per heavy atom. The molecule has 1 unspecified atom stereocenters. The minimum atomic E-state index is -4.07. The van der Waals surface area contributed by atoms with Crippen molar-refractivity contribution in [2.24, 2.45) is 11.7 Å². The van der Waals surface area contributed by atoms with Gasteiger partial charge in [-0.25, -0.2) is 16.8 Å². The van der Waals surface area contributed by atoms with Crippen LogP contribution in [0.3, 0.4) is 0 Å². The Morgan fingerprint density at radius 1 is 0.907 bits per heavy atom. The molecule has 0 saturated heterocycles. The Morgan fingerprint density at radius 2 is 1.44 bits per heavy atom. The number of carbonyl (C=O) groups is 1. The van der Waals surface area contributed by atoms with E-state index in [0.29, 0.717) is 18.4 Å². The third kappa shape index (κ3) is 7.71.